The van der Waals surface area contributed by atoms with Crippen LogP contribution in [-0.2, 0) is 11.3 Å². The van der Waals surface area contributed by atoms with Crippen LogP contribution >= 0.6 is 0 Å². The minimum atomic E-state index is -0.352. The van der Waals surface area contributed by atoms with Gasteiger partial charge in [-0.1, -0.05) is 42.5 Å². The van der Waals surface area contributed by atoms with Gasteiger partial charge in [-0.15, -0.1) is 0 Å². The van der Waals surface area contributed by atoms with Gasteiger partial charge in [0.05, 0.1) is 0 Å². The topological polar surface area (TPSA) is 38.3 Å². The highest BCUT2D eigenvalue weighted by Crippen LogP contribution is 2.00. The van der Waals surface area contributed by atoms with Gasteiger partial charge in [-0.25, -0.2) is 4.79 Å². The Balaban J connectivity index is 2.09. The first-order valence-corrected chi connectivity index (χ1v) is 5.88. The summed E-state index contributed by atoms with van der Waals surface area (Å²) in [5.74, 6) is 0. The third-order valence-electron chi connectivity index (χ3n) is 2.27. The van der Waals surface area contributed by atoms with Gasteiger partial charge in [0.25, 0.3) is 0 Å². The summed E-state index contributed by atoms with van der Waals surface area (Å²) in [6, 6.07) is 9.64. The fraction of sp³-hybridized carbons (Fsp3) is 0.357. The second kappa shape index (κ2) is 8.39. The zero-order chi connectivity index (χ0) is 12.3. The van der Waals surface area contributed by atoms with Gasteiger partial charge in [-0.2, -0.15) is 0 Å². The molecule has 0 aromatic heterocycles. The fourth-order valence-electron chi connectivity index (χ4n) is 1.35. The Hall–Kier alpha value is -1.77. The number of allylic oxidation sites excluding steroid dienone is 2. The Labute approximate surface area is 102 Å². The van der Waals surface area contributed by atoms with Crippen LogP contribution in [0, 0.1) is 0 Å². The molecule has 0 heterocycles. The molecule has 3 nitrogen and oxygen atoms in total. The predicted molar refractivity (Wildman–Crippen MR) is 68.7 cm³/mol. The lowest BCUT2D eigenvalue weighted by Crippen LogP contribution is -2.25. The Morgan fingerprint density at radius 1 is 1.35 bits per heavy atom. The van der Waals surface area contributed by atoms with Crippen LogP contribution in [0.5, 0.6) is 0 Å². The molecule has 0 atom stereocenters. The van der Waals surface area contributed by atoms with Crippen LogP contribution in [-0.4, -0.2) is 12.6 Å². The van der Waals surface area contributed by atoms with Gasteiger partial charge in [0, 0.05) is 6.54 Å². The summed E-state index contributed by atoms with van der Waals surface area (Å²) in [5, 5.41) is 2.72. The van der Waals surface area contributed by atoms with Crippen LogP contribution in [0.15, 0.2) is 42.5 Å². The quantitative estimate of drug-likeness (QED) is 0.605. The SMILES string of the molecule is C/C=C/CCCNC(=O)OCc1ccccc1. The molecule has 1 rings (SSSR count). The number of rotatable bonds is 6. The summed E-state index contributed by atoms with van der Waals surface area (Å²) in [7, 11) is 0. The van der Waals surface area contributed by atoms with Gasteiger partial charge in [0.2, 0.25) is 0 Å². The maximum absolute atomic E-state index is 11.3. The van der Waals surface area contributed by atoms with Crippen molar-refractivity contribution < 1.29 is 9.53 Å². The molecule has 3 heteroatoms. The van der Waals surface area contributed by atoms with Crippen molar-refractivity contribution >= 4 is 6.09 Å². The van der Waals surface area contributed by atoms with E-state index in [1.54, 1.807) is 0 Å². The maximum Gasteiger partial charge on any atom is 0.407 e. The number of carbonyl (C=O) groups excluding carboxylic acids is 1. The van der Waals surface area contributed by atoms with E-state index >= 15 is 0 Å². The van der Waals surface area contributed by atoms with Crippen molar-refractivity contribution in [2.75, 3.05) is 6.54 Å². The fourth-order valence-corrected chi connectivity index (χ4v) is 1.35. The summed E-state index contributed by atoms with van der Waals surface area (Å²) in [6.07, 6.45) is 5.65. The largest absolute Gasteiger partial charge is 0.445 e. The predicted octanol–water partition coefficient (Wildman–Crippen LogP) is 3.27. The Morgan fingerprint density at radius 2 is 2.12 bits per heavy atom. The Morgan fingerprint density at radius 3 is 2.82 bits per heavy atom. The van der Waals surface area contributed by atoms with Crippen molar-refractivity contribution in [2.45, 2.75) is 26.4 Å². The molecule has 1 amide bonds. The highest BCUT2D eigenvalue weighted by Gasteiger charge is 2.00. The van der Waals surface area contributed by atoms with Crippen molar-refractivity contribution in [1.29, 1.82) is 0 Å². The van der Waals surface area contributed by atoms with Gasteiger partial charge in [-0.05, 0) is 25.3 Å². The second-order valence-electron chi connectivity index (χ2n) is 3.70. The summed E-state index contributed by atoms with van der Waals surface area (Å²) in [5.41, 5.74) is 0.997. The van der Waals surface area contributed by atoms with Crippen LogP contribution < -0.4 is 5.32 Å². The van der Waals surface area contributed by atoms with Crippen LogP contribution in [0.2, 0.25) is 0 Å². The number of amides is 1. The number of hydrogen-bond donors (Lipinski definition) is 1. The van der Waals surface area contributed by atoms with Crippen molar-refractivity contribution in [3.63, 3.8) is 0 Å². The molecule has 1 aromatic rings. The zero-order valence-corrected chi connectivity index (χ0v) is 10.2. The Kier molecular flexibility index (Phi) is 6.56. The van der Waals surface area contributed by atoms with E-state index in [2.05, 4.69) is 11.4 Å². The van der Waals surface area contributed by atoms with E-state index in [9.17, 15) is 4.79 Å². The van der Waals surface area contributed by atoms with Gasteiger partial charge >= 0.3 is 6.09 Å². The molecule has 0 bridgehead atoms. The average Bonchev–Trinajstić information content (AvgIpc) is 2.37. The van der Waals surface area contributed by atoms with Crippen molar-refractivity contribution in [1.82, 2.24) is 5.32 Å². The maximum atomic E-state index is 11.3. The van der Waals surface area contributed by atoms with Crippen LogP contribution in [0.25, 0.3) is 0 Å². The van der Waals surface area contributed by atoms with E-state index in [-0.39, 0.29) is 6.09 Å². The number of benzene rings is 1. The first kappa shape index (κ1) is 13.3. The van der Waals surface area contributed by atoms with E-state index in [0.29, 0.717) is 13.2 Å². The van der Waals surface area contributed by atoms with Crippen LogP contribution in [0.1, 0.15) is 25.3 Å². The standard InChI is InChI=1S/C14H19NO2/c1-2-3-4-8-11-15-14(16)17-12-13-9-6-5-7-10-13/h2-3,5-7,9-10H,4,8,11-12H2,1H3,(H,15,16)/b3-2+. The molecular weight excluding hydrogens is 214 g/mol. The highest BCUT2D eigenvalue weighted by atomic mass is 16.5. The number of nitrogens with one attached hydrogen (secondary N) is 1. The van der Waals surface area contributed by atoms with Gasteiger partial charge in [-0.3, -0.25) is 0 Å². The molecule has 0 spiro atoms. The van der Waals surface area contributed by atoms with E-state index < -0.39 is 0 Å². The van der Waals surface area contributed by atoms with E-state index in [1.165, 1.54) is 0 Å². The molecule has 0 saturated carbocycles. The number of hydrogen-bond acceptors (Lipinski definition) is 2. The second-order valence-corrected chi connectivity index (χ2v) is 3.70. The van der Waals surface area contributed by atoms with Crippen LogP contribution in [0.3, 0.4) is 0 Å². The monoisotopic (exact) mass is 233 g/mol. The zero-order valence-electron chi connectivity index (χ0n) is 10.2. The lowest BCUT2D eigenvalue weighted by molar-refractivity contribution is 0.139. The van der Waals surface area contributed by atoms with E-state index in [4.69, 9.17) is 4.74 Å². The molecule has 1 aromatic carbocycles. The van der Waals surface area contributed by atoms with Gasteiger partial charge in [0.15, 0.2) is 0 Å². The number of ether oxygens (including phenoxy) is 1. The lowest BCUT2D eigenvalue weighted by Gasteiger charge is -2.06. The highest BCUT2D eigenvalue weighted by molar-refractivity contribution is 5.67. The minimum Gasteiger partial charge on any atom is -0.445 e. The molecule has 0 unspecified atom stereocenters. The van der Waals surface area contributed by atoms with Crippen molar-refractivity contribution in [3.8, 4) is 0 Å². The summed E-state index contributed by atoms with van der Waals surface area (Å²) in [4.78, 5) is 11.3. The van der Waals surface area contributed by atoms with E-state index in [0.717, 1.165) is 18.4 Å². The molecular formula is C14H19NO2. The smallest absolute Gasteiger partial charge is 0.407 e. The molecule has 92 valence electrons. The molecule has 0 radical (unpaired) electrons. The van der Waals surface area contributed by atoms with Crippen molar-refractivity contribution in [2.24, 2.45) is 0 Å². The summed E-state index contributed by atoms with van der Waals surface area (Å²) in [6.45, 7) is 2.96. The number of unbranched alkanes of at least 4 members (excludes halogenated alkanes) is 1. The number of alkyl carbamates (subject to hydrolysis) is 1. The summed E-state index contributed by atoms with van der Waals surface area (Å²) < 4.78 is 5.07. The number of carbonyl (C=O) groups is 1. The average molecular weight is 233 g/mol. The van der Waals surface area contributed by atoms with Gasteiger partial charge in [0.1, 0.15) is 6.61 Å². The van der Waals surface area contributed by atoms with Crippen molar-refractivity contribution in [3.05, 3.63) is 48.0 Å². The first-order chi connectivity index (χ1) is 8.33. The molecule has 0 aliphatic rings. The molecule has 0 fully saturated rings. The molecule has 0 saturated heterocycles. The molecule has 1 N–H and O–H groups in total. The van der Waals surface area contributed by atoms with E-state index in [1.807, 2.05) is 43.3 Å². The Bertz CT molecular complexity index is 346. The van der Waals surface area contributed by atoms with Gasteiger partial charge < -0.3 is 10.1 Å². The summed E-state index contributed by atoms with van der Waals surface area (Å²) >= 11 is 0. The third-order valence-corrected chi connectivity index (χ3v) is 2.27. The van der Waals surface area contributed by atoms with Crippen LogP contribution in [0.4, 0.5) is 4.79 Å². The lowest BCUT2D eigenvalue weighted by atomic mass is 10.2. The normalized spacial score (nSPS) is 10.4. The first-order valence-electron chi connectivity index (χ1n) is 5.88. The molecule has 0 aliphatic heterocycles. The molecule has 17 heavy (non-hydrogen) atoms. The molecule has 0 aliphatic carbocycles. The minimum absolute atomic E-state index is 0.321. The third kappa shape index (κ3) is 6.40.